The summed E-state index contributed by atoms with van der Waals surface area (Å²) in [5, 5.41) is 0. The molecule has 3 rings (SSSR count). The molecule has 0 aliphatic carbocycles. The van der Waals surface area contributed by atoms with Gasteiger partial charge in [0.25, 0.3) is 10.0 Å². The molecule has 2 aromatic carbocycles. The van der Waals surface area contributed by atoms with Crippen LogP contribution in [0.1, 0.15) is 25.0 Å². The van der Waals surface area contributed by atoms with Gasteiger partial charge < -0.3 is 9.47 Å². The van der Waals surface area contributed by atoms with E-state index in [2.05, 4.69) is 0 Å². The Kier molecular flexibility index (Phi) is 6.56. The van der Waals surface area contributed by atoms with Crippen LogP contribution < -0.4 is 4.31 Å². The number of para-hydroxylation sites is 1. The topological polar surface area (TPSA) is 90.0 Å². The summed E-state index contributed by atoms with van der Waals surface area (Å²) in [5.74, 6) is -1.31. The average molecular weight is 429 g/mol. The van der Waals surface area contributed by atoms with E-state index in [1.807, 2.05) is 18.2 Å². The number of fused-ring (bicyclic) bond motifs is 1. The lowest BCUT2D eigenvalue weighted by Gasteiger charge is -2.19. The number of hydrogen-bond acceptors (Lipinski definition) is 6. The zero-order chi connectivity index (χ0) is 21.7. The highest BCUT2D eigenvalue weighted by Gasteiger charge is 2.30. The molecule has 0 amide bonds. The van der Waals surface area contributed by atoms with Crippen LogP contribution in [0.3, 0.4) is 0 Å². The number of hydrogen-bond donors (Lipinski definition) is 0. The van der Waals surface area contributed by atoms with Crippen LogP contribution in [0.4, 0.5) is 5.69 Å². The largest absolute Gasteiger partial charge is 0.460 e. The molecule has 1 aliphatic rings. The molecule has 0 fully saturated rings. The SMILES string of the molecule is CC(C)OC(=O)COC(=O)/C=C\c1ccc(S(=O)(=O)N2CCc3ccccc32)cc1. The number of sulfonamides is 1. The number of anilines is 1. The number of ether oxygens (including phenoxy) is 2. The molecule has 0 aromatic heterocycles. The Bertz CT molecular complexity index is 1060. The number of rotatable bonds is 7. The number of carbonyl (C=O) groups excluding carboxylic acids is 2. The van der Waals surface area contributed by atoms with Crippen LogP contribution in [0.25, 0.3) is 6.08 Å². The molecule has 1 aliphatic heterocycles. The Morgan fingerprint density at radius 3 is 2.50 bits per heavy atom. The lowest BCUT2D eigenvalue weighted by atomic mass is 10.2. The molecule has 0 N–H and O–H groups in total. The molecule has 1 heterocycles. The van der Waals surface area contributed by atoms with Gasteiger partial charge in [0.1, 0.15) is 0 Å². The Balaban J connectivity index is 1.63. The van der Waals surface area contributed by atoms with Gasteiger partial charge in [0.2, 0.25) is 0 Å². The summed E-state index contributed by atoms with van der Waals surface area (Å²) in [6.07, 6.45) is 3.06. The van der Waals surface area contributed by atoms with Gasteiger partial charge in [0, 0.05) is 12.6 Å². The maximum absolute atomic E-state index is 13.0. The van der Waals surface area contributed by atoms with E-state index in [0.29, 0.717) is 24.2 Å². The van der Waals surface area contributed by atoms with Crippen molar-refractivity contribution in [3.05, 3.63) is 65.7 Å². The Hall–Kier alpha value is -3.13. The van der Waals surface area contributed by atoms with Gasteiger partial charge in [-0.2, -0.15) is 0 Å². The zero-order valence-electron chi connectivity index (χ0n) is 16.8. The van der Waals surface area contributed by atoms with E-state index in [9.17, 15) is 18.0 Å². The Labute approximate surface area is 176 Å². The quantitative estimate of drug-likeness (QED) is 0.497. The van der Waals surface area contributed by atoms with E-state index in [1.54, 1.807) is 32.0 Å². The summed E-state index contributed by atoms with van der Waals surface area (Å²) >= 11 is 0. The van der Waals surface area contributed by atoms with Gasteiger partial charge in [-0.05, 0) is 55.7 Å². The van der Waals surface area contributed by atoms with E-state index in [-0.39, 0.29) is 11.0 Å². The Morgan fingerprint density at radius 1 is 1.10 bits per heavy atom. The molecule has 158 valence electrons. The predicted octanol–water partition coefficient (Wildman–Crippen LogP) is 2.95. The third kappa shape index (κ3) is 5.07. The highest BCUT2D eigenvalue weighted by Crippen LogP contribution is 2.32. The summed E-state index contributed by atoms with van der Waals surface area (Å²) in [6, 6.07) is 13.7. The molecular formula is C22H23NO6S. The molecule has 8 heteroatoms. The molecule has 30 heavy (non-hydrogen) atoms. The van der Waals surface area contributed by atoms with Crippen LogP contribution in [0.5, 0.6) is 0 Å². The maximum Gasteiger partial charge on any atom is 0.344 e. The lowest BCUT2D eigenvalue weighted by molar-refractivity contribution is -0.158. The fraction of sp³-hybridized carbons (Fsp3) is 0.273. The molecule has 0 atom stereocenters. The normalized spacial score (nSPS) is 13.5. The summed E-state index contributed by atoms with van der Waals surface area (Å²) in [7, 11) is -3.66. The highest BCUT2D eigenvalue weighted by atomic mass is 32.2. The minimum Gasteiger partial charge on any atom is -0.460 e. The van der Waals surface area contributed by atoms with Gasteiger partial charge >= 0.3 is 11.9 Å². The Morgan fingerprint density at radius 2 is 1.80 bits per heavy atom. The molecule has 2 aromatic rings. The maximum atomic E-state index is 13.0. The average Bonchev–Trinajstić information content (AvgIpc) is 3.15. The van der Waals surface area contributed by atoms with Crippen LogP contribution in [0.2, 0.25) is 0 Å². The molecular weight excluding hydrogens is 406 g/mol. The fourth-order valence-electron chi connectivity index (χ4n) is 3.08. The second kappa shape index (κ2) is 9.13. The first kappa shape index (κ1) is 21.6. The van der Waals surface area contributed by atoms with Crippen molar-refractivity contribution in [1.29, 1.82) is 0 Å². The van der Waals surface area contributed by atoms with Gasteiger partial charge in [-0.3, -0.25) is 4.31 Å². The van der Waals surface area contributed by atoms with Crippen LogP contribution in [0.15, 0.2) is 59.5 Å². The summed E-state index contributed by atoms with van der Waals surface area (Å²) in [6.45, 7) is 3.35. The molecule has 0 bridgehead atoms. The van der Waals surface area contributed by atoms with Gasteiger partial charge in [0.05, 0.1) is 16.7 Å². The van der Waals surface area contributed by atoms with E-state index >= 15 is 0 Å². The molecule has 0 saturated carbocycles. The second-order valence-electron chi connectivity index (χ2n) is 7.00. The standard InChI is InChI=1S/C22H23NO6S/c1-16(2)29-22(25)15-28-21(24)12-9-17-7-10-19(11-8-17)30(26,27)23-14-13-18-5-3-4-6-20(18)23/h3-12,16H,13-15H2,1-2H3/b12-9-. The smallest absolute Gasteiger partial charge is 0.344 e. The molecule has 0 unspecified atom stereocenters. The minimum absolute atomic E-state index is 0.176. The lowest BCUT2D eigenvalue weighted by Crippen LogP contribution is -2.29. The van der Waals surface area contributed by atoms with E-state index in [0.717, 1.165) is 5.56 Å². The van der Waals surface area contributed by atoms with Gasteiger partial charge in [-0.25, -0.2) is 18.0 Å². The van der Waals surface area contributed by atoms with Crippen LogP contribution in [-0.4, -0.2) is 39.6 Å². The monoisotopic (exact) mass is 429 g/mol. The first-order valence-electron chi connectivity index (χ1n) is 9.52. The van der Waals surface area contributed by atoms with Gasteiger partial charge in [0.15, 0.2) is 6.61 Å². The number of esters is 2. The number of benzene rings is 2. The van der Waals surface area contributed by atoms with Crippen molar-refractivity contribution in [1.82, 2.24) is 0 Å². The molecule has 0 saturated heterocycles. The van der Waals surface area contributed by atoms with E-state index in [1.165, 1.54) is 28.6 Å². The van der Waals surface area contributed by atoms with Crippen LogP contribution in [-0.2, 0) is 35.5 Å². The van der Waals surface area contributed by atoms with Crippen LogP contribution >= 0.6 is 0 Å². The van der Waals surface area contributed by atoms with Crippen molar-refractivity contribution in [3.63, 3.8) is 0 Å². The number of nitrogens with zero attached hydrogens (tertiary/aromatic N) is 1. The van der Waals surface area contributed by atoms with E-state index < -0.39 is 28.6 Å². The summed E-state index contributed by atoms with van der Waals surface area (Å²) < 4.78 is 37.1. The van der Waals surface area contributed by atoms with Crippen molar-refractivity contribution in [3.8, 4) is 0 Å². The third-order valence-electron chi connectivity index (χ3n) is 4.42. The molecule has 0 spiro atoms. The minimum atomic E-state index is -3.66. The summed E-state index contributed by atoms with van der Waals surface area (Å²) in [4.78, 5) is 23.2. The third-order valence-corrected chi connectivity index (χ3v) is 6.25. The second-order valence-corrected chi connectivity index (χ2v) is 8.87. The van der Waals surface area contributed by atoms with Crippen molar-refractivity contribution >= 4 is 33.7 Å². The first-order valence-corrected chi connectivity index (χ1v) is 11.0. The van der Waals surface area contributed by atoms with Crippen molar-refractivity contribution in [2.45, 2.75) is 31.3 Å². The summed E-state index contributed by atoms with van der Waals surface area (Å²) in [5.41, 5.74) is 2.34. The van der Waals surface area contributed by atoms with Crippen molar-refractivity contribution < 1.29 is 27.5 Å². The molecule has 0 radical (unpaired) electrons. The molecule has 7 nitrogen and oxygen atoms in total. The fourth-order valence-corrected chi connectivity index (χ4v) is 4.58. The van der Waals surface area contributed by atoms with Crippen molar-refractivity contribution in [2.24, 2.45) is 0 Å². The predicted molar refractivity (Wildman–Crippen MR) is 112 cm³/mol. The van der Waals surface area contributed by atoms with Crippen LogP contribution in [0, 0.1) is 0 Å². The van der Waals surface area contributed by atoms with E-state index in [4.69, 9.17) is 9.47 Å². The van der Waals surface area contributed by atoms with Gasteiger partial charge in [-0.15, -0.1) is 0 Å². The highest BCUT2D eigenvalue weighted by molar-refractivity contribution is 7.92. The van der Waals surface area contributed by atoms with Gasteiger partial charge in [-0.1, -0.05) is 30.3 Å². The number of carbonyl (C=O) groups is 2. The van der Waals surface area contributed by atoms with Crippen molar-refractivity contribution in [2.75, 3.05) is 17.5 Å². The zero-order valence-corrected chi connectivity index (χ0v) is 17.6. The first-order chi connectivity index (χ1) is 14.3.